The molecule has 0 unspecified atom stereocenters. The standard InChI is InChI=1S/C20H20N2O/c1-15-11-16(2)13-19(12-15)23-18-8-6-17(7-9-18)14-22-20-5-3-4-10-21-20/h3-13H,14H2,1-2H3,(H,21,22). The summed E-state index contributed by atoms with van der Waals surface area (Å²) in [6, 6.07) is 20.2. The Bertz CT molecular complexity index is 747. The largest absolute Gasteiger partial charge is 0.457 e. The third-order valence-electron chi connectivity index (χ3n) is 3.49. The lowest BCUT2D eigenvalue weighted by Gasteiger charge is -2.09. The van der Waals surface area contributed by atoms with Crippen LogP contribution in [0.15, 0.2) is 66.9 Å². The van der Waals surface area contributed by atoms with Gasteiger partial charge in [-0.15, -0.1) is 0 Å². The van der Waals surface area contributed by atoms with Crippen LogP contribution in [0.4, 0.5) is 5.82 Å². The van der Waals surface area contributed by atoms with Gasteiger partial charge >= 0.3 is 0 Å². The molecule has 3 aromatic rings. The Balaban J connectivity index is 1.62. The molecule has 1 aromatic heterocycles. The van der Waals surface area contributed by atoms with Gasteiger partial charge in [-0.05, 0) is 66.9 Å². The second-order valence-electron chi connectivity index (χ2n) is 5.64. The number of hydrogen-bond donors (Lipinski definition) is 1. The summed E-state index contributed by atoms with van der Waals surface area (Å²) in [4.78, 5) is 4.25. The number of benzene rings is 2. The van der Waals surface area contributed by atoms with Gasteiger partial charge in [-0.25, -0.2) is 4.98 Å². The summed E-state index contributed by atoms with van der Waals surface area (Å²) in [5.74, 6) is 2.60. The monoisotopic (exact) mass is 304 g/mol. The van der Waals surface area contributed by atoms with Crippen molar-refractivity contribution >= 4 is 5.82 Å². The molecule has 1 N–H and O–H groups in total. The van der Waals surface area contributed by atoms with Crippen LogP contribution in [0.1, 0.15) is 16.7 Å². The molecule has 0 saturated carbocycles. The van der Waals surface area contributed by atoms with E-state index < -0.39 is 0 Å². The molecule has 3 heteroatoms. The summed E-state index contributed by atoms with van der Waals surface area (Å²) in [6.07, 6.45) is 1.78. The maximum atomic E-state index is 5.93. The van der Waals surface area contributed by atoms with E-state index in [1.807, 2.05) is 42.5 Å². The van der Waals surface area contributed by atoms with Gasteiger partial charge in [0.15, 0.2) is 0 Å². The van der Waals surface area contributed by atoms with Crippen molar-refractivity contribution in [2.45, 2.75) is 20.4 Å². The molecular weight excluding hydrogens is 284 g/mol. The Kier molecular flexibility index (Phi) is 4.57. The third-order valence-corrected chi connectivity index (χ3v) is 3.49. The van der Waals surface area contributed by atoms with Crippen LogP contribution in [0, 0.1) is 13.8 Å². The Morgan fingerprint density at radius 1 is 0.870 bits per heavy atom. The maximum absolute atomic E-state index is 5.93. The SMILES string of the molecule is Cc1cc(C)cc(Oc2ccc(CNc3ccccn3)cc2)c1. The number of nitrogens with zero attached hydrogens (tertiary/aromatic N) is 1. The molecule has 0 fully saturated rings. The van der Waals surface area contributed by atoms with E-state index in [4.69, 9.17) is 4.74 Å². The smallest absolute Gasteiger partial charge is 0.127 e. The van der Waals surface area contributed by atoms with Crippen LogP contribution in [0.2, 0.25) is 0 Å². The average Bonchev–Trinajstić information content (AvgIpc) is 2.54. The van der Waals surface area contributed by atoms with Crippen molar-refractivity contribution in [1.82, 2.24) is 4.98 Å². The van der Waals surface area contributed by atoms with Gasteiger partial charge < -0.3 is 10.1 Å². The Hall–Kier alpha value is -2.81. The fraction of sp³-hybridized carbons (Fsp3) is 0.150. The minimum atomic E-state index is 0.737. The number of anilines is 1. The van der Waals surface area contributed by atoms with Gasteiger partial charge in [0.25, 0.3) is 0 Å². The van der Waals surface area contributed by atoms with Gasteiger partial charge in [0.05, 0.1) is 0 Å². The minimum absolute atomic E-state index is 0.737. The van der Waals surface area contributed by atoms with Gasteiger partial charge in [-0.3, -0.25) is 0 Å². The van der Waals surface area contributed by atoms with E-state index >= 15 is 0 Å². The van der Waals surface area contributed by atoms with E-state index in [1.54, 1.807) is 6.20 Å². The lowest BCUT2D eigenvalue weighted by molar-refractivity contribution is 0.481. The first kappa shape index (κ1) is 15.1. The Labute approximate surface area is 137 Å². The number of nitrogens with one attached hydrogen (secondary N) is 1. The van der Waals surface area contributed by atoms with E-state index in [1.165, 1.54) is 16.7 Å². The Morgan fingerprint density at radius 2 is 1.61 bits per heavy atom. The molecule has 116 valence electrons. The number of rotatable bonds is 5. The second kappa shape index (κ2) is 6.97. The van der Waals surface area contributed by atoms with Crippen LogP contribution in [0.5, 0.6) is 11.5 Å². The van der Waals surface area contributed by atoms with Crippen molar-refractivity contribution in [3.05, 3.63) is 83.6 Å². The number of ether oxygens (including phenoxy) is 1. The highest BCUT2D eigenvalue weighted by atomic mass is 16.5. The molecule has 1 heterocycles. The molecule has 0 saturated heterocycles. The molecule has 0 aliphatic rings. The molecule has 0 aliphatic carbocycles. The van der Waals surface area contributed by atoms with Crippen molar-refractivity contribution < 1.29 is 4.74 Å². The first-order chi connectivity index (χ1) is 11.2. The van der Waals surface area contributed by atoms with Gasteiger partial charge in [-0.1, -0.05) is 24.3 Å². The fourth-order valence-corrected chi connectivity index (χ4v) is 2.46. The van der Waals surface area contributed by atoms with Crippen LogP contribution < -0.4 is 10.1 Å². The molecule has 0 atom stereocenters. The maximum Gasteiger partial charge on any atom is 0.127 e. The molecule has 3 rings (SSSR count). The highest BCUT2D eigenvalue weighted by molar-refractivity contribution is 5.39. The van der Waals surface area contributed by atoms with E-state index in [2.05, 4.69) is 42.3 Å². The van der Waals surface area contributed by atoms with Gasteiger partial charge in [0, 0.05) is 12.7 Å². The zero-order valence-electron chi connectivity index (χ0n) is 13.4. The van der Waals surface area contributed by atoms with Crippen molar-refractivity contribution in [3.63, 3.8) is 0 Å². The number of aryl methyl sites for hydroxylation is 2. The molecule has 0 amide bonds. The zero-order valence-corrected chi connectivity index (χ0v) is 13.4. The predicted octanol–water partition coefficient (Wildman–Crippen LogP) is 5.10. The normalized spacial score (nSPS) is 10.3. The zero-order chi connectivity index (χ0) is 16.1. The van der Waals surface area contributed by atoms with Crippen molar-refractivity contribution in [2.24, 2.45) is 0 Å². The van der Waals surface area contributed by atoms with Crippen molar-refractivity contribution in [2.75, 3.05) is 5.32 Å². The van der Waals surface area contributed by atoms with Crippen molar-refractivity contribution in [1.29, 1.82) is 0 Å². The lowest BCUT2D eigenvalue weighted by atomic mass is 10.1. The minimum Gasteiger partial charge on any atom is -0.457 e. The van der Waals surface area contributed by atoms with Crippen LogP contribution in [-0.4, -0.2) is 4.98 Å². The second-order valence-corrected chi connectivity index (χ2v) is 5.64. The molecule has 3 nitrogen and oxygen atoms in total. The van der Waals surface area contributed by atoms with Crippen LogP contribution in [-0.2, 0) is 6.54 Å². The number of hydrogen-bond acceptors (Lipinski definition) is 3. The molecule has 0 bridgehead atoms. The van der Waals surface area contributed by atoms with Gasteiger partial charge in [-0.2, -0.15) is 0 Å². The summed E-state index contributed by atoms with van der Waals surface area (Å²) >= 11 is 0. The first-order valence-electron chi connectivity index (χ1n) is 7.69. The van der Waals surface area contributed by atoms with E-state index in [9.17, 15) is 0 Å². The molecule has 2 aromatic carbocycles. The van der Waals surface area contributed by atoms with E-state index in [-0.39, 0.29) is 0 Å². The van der Waals surface area contributed by atoms with E-state index in [0.717, 1.165) is 23.9 Å². The van der Waals surface area contributed by atoms with E-state index in [0.29, 0.717) is 0 Å². The molecule has 0 radical (unpaired) electrons. The van der Waals surface area contributed by atoms with Gasteiger partial charge in [0.2, 0.25) is 0 Å². The lowest BCUT2D eigenvalue weighted by Crippen LogP contribution is -2.00. The highest BCUT2D eigenvalue weighted by Gasteiger charge is 2.00. The number of aromatic nitrogens is 1. The highest BCUT2D eigenvalue weighted by Crippen LogP contribution is 2.24. The molecule has 0 aliphatic heterocycles. The average molecular weight is 304 g/mol. The predicted molar refractivity (Wildman–Crippen MR) is 94.0 cm³/mol. The Morgan fingerprint density at radius 3 is 2.26 bits per heavy atom. The first-order valence-corrected chi connectivity index (χ1v) is 7.69. The quantitative estimate of drug-likeness (QED) is 0.712. The van der Waals surface area contributed by atoms with Gasteiger partial charge in [0.1, 0.15) is 17.3 Å². The van der Waals surface area contributed by atoms with Crippen LogP contribution >= 0.6 is 0 Å². The topological polar surface area (TPSA) is 34.1 Å². The summed E-state index contributed by atoms with van der Waals surface area (Å²) < 4.78 is 5.93. The summed E-state index contributed by atoms with van der Waals surface area (Å²) in [6.45, 7) is 4.89. The molecule has 0 spiro atoms. The summed E-state index contributed by atoms with van der Waals surface area (Å²) in [5, 5.41) is 3.29. The fourth-order valence-electron chi connectivity index (χ4n) is 2.46. The summed E-state index contributed by atoms with van der Waals surface area (Å²) in [7, 11) is 0. The molecular formula is C20H20N2O. The molecule has 23 heavy (non-hydrogen) atoms. The van der Waals surface area contributed by atoms with Crippen LogP contribution in [0.25, 0.3) is 0 Å². The third kappa shape index (κ3) is 4.33. The van der Waals surface area contributed by atoms with Crippen LogP contribution in [0.3, 0.4) is 0 Å². The number of pyridine rings is 1. The summed E-state index contributed by atoms with van der Waals surface area (Å²) in [5.41, 5.74) is 3.59. The van der Waals surface area contributed by atoms with Crippen molar-refractivity contribution in [3.8, 4) is 11.5 Å².